The van der Waals surface area contributed by atoms with Gasteiger partial charge in [-0.3, -0.25) is 9.69 Å². The molecule has 1 aromatic rings. The van der Waals surface area contributed by atoms with E-state index in [0.29, 0.717) is 6.54 Å². The van der Waals surface area contributed by atoms with E-state index in [4.69, 9.17) is 5.73 Å². The maximum atomic E-state index is 11.1. The van der Waals surface area contributed by atoms with Crippen LogP contribution in [0.1, 0.15) is 24.8 Å². The largest absolute Gasteiger partial charge is 0.369 e. The van der Waals surface area contributed by atoms with Crippen LogP contribution in [-0.4, -0.2) is 23.9 Å². The summed E-state index contributed by atoms with van der Waals surface area (Å²) in [5.74, 6) is 0.526. The fraction of sp³-hybridized carbons (Fsp3) is 0.500. The van der Waals surface area contributed by atoms with Crippen molar-refractivity contribution in [3.05, 3.63) is 35.9 Å². The lowest BCUT2D eigenvalue weighted by atomic mass is 9.85. The average molecular weight is 232 g/mol. The SMILES string of the molecule is NC(=O)CN(Cc1ccccc1)CC1CCC1. The first-order chi connectivity index (χ1) is 8.24. The highest BCUT2D eigenvalue weighted by Crippen LogP contribution is 2.27. The predicted molar refractivity (Wildman–Crippen MR) is 68.3 cm³/mol. The summed E-state index contributed by atoms with van der Waals surface area (Å²) in [6.07, 6.45) is 3.93. The predicted octanol–water partition coefficient (Wildman–Crippen LogP) is 1.77. The first-order valence-corrected chi connectivity index (χ1v) is 6.28. The summed E-state index contributed by atoms with van der Waals surface area (Å²) in [4.78, 5) is 13.2. The molecule has 1 saturated carbocycles. The first-order valence-electron chi connectivity index (χ1n) is 6.28. The van der Waals surface area contributed by atoms with Crippen molar-refractivity contribution in [3.63, 3.8) is 0 Å². The standard InChI is InChI=1S/C14H20N2O/c15-14(17)11-16(10-13-7-4-8-13)9-12-5-2-1-3-6-12/h1-3,5-6,13H,4,7-11H2,(H2,15,17). The van der Waals surface area contributed by atoms with E-state index in [2.05, 4.69) is 17.0 Å². The Hall–Kier alpha value is -1.35. The topological polar surface area (TPSA) is 46.3 Å². The highest BCUT2D eigenvalue weighted by atomic mass is 16.1. The molecule has 0 heterocycles. The summed E-state index contributed by atoms with van der Waals surface area (Å²) < 4.78 is 0. The molecule has 17 heavy (non-hydrogen) atoms. The Morgan fingerprint density at radius 1 is 1.29 bits per heavy atom. The monoisotopic (exact) mass is 232 g/mol. The summed E-state index contributed by atoms with van der Waals surface area (Å²) >= 11 is 0. The third-order valence-corrected chi connectivity index (χ3v) is 3.37. The lowest BCUT2D eigenvalue weighted by Gasteiger charge is -2.31. The highest BCUT2D eigenvalue weighted by molar-refractivity contribution is 5.75. The van der Waals surface area contributed by atoms with Crippen LogP contribution in [0.5, 0.6) is 0 Å². The fourth-order valence-electron chi connectivity index (χ4n) is 2.29. The van der Waals surface area contributed by atoms with Gasteiger partial charge >= 0.3 is 0 Å². The van der Waals surface area contributed by atoms with Crippen molar-refractivity contribution in [2.75, 3.05) is 13.1 Å². The van der Waals surface area contributed by atoms with Crippen LogP contribution in [-0.2, 0) is 11.3 Å². The molecule has 3 heteroatoms. The quantitative estimate of drug-likeness (QED) is 0.812. The molecule has 1 aliphatic rings. The molecule has 0 saturated heterocycles. The molecule has 0 aromatic heterocycles. The van der Waals surface area contributed by atoms with Gasteiger partial charge in [0.25, 0.3) is 0 Å². The smallest absolute Gasteiger partial charge is 0.231 e. The molecule has 1 aliphatic carbocycles. The maximum absolute atomic E-state index is 11.1. The molecule has 2 N–H and O–H groups in total. The molecule has 0 aliphatic heterocycles. The van der Waals surface area contributed by atoms with E-state index >= 15 is 0 Å². The maximum Gasteiger partial charge on any atom is 0.231 e. The van der Waals surface area contributed by atoms with Crippen LogP contribution < -0.4 is 5.73 Å². The number of carbonyl (C=O) groups excluding carboxylic acids is 1. The first kappa shape index (κ1) is 12.1. The summed E-state index contributed by atoms with van der Waals surface area (Å²) in [7, 11) is 0. The molecule has 0 atom stereocenters. The number of benzene rings is 1. The minimum Gasteiger partial charge on any atom is -0.369 e. The zero-order valence-corrected chi connectivity index (χ0v) is 10.1. The Morgan fingerprint density at radius 3 is 2.53 bits per heavy atom. The molecule has 0 spiro atoms. The minimum atomic E-state index is -0.236. The number of nitrogens with two attached hydrogens (primary N) is 1. The number of hydrogen-bond donors (Lipinski definition) is 1. The molecular weight excluding hydrogens is 212 g/mol. The van der Waals surface area contributed by atoms with E-state index < -0.39 is 0 Å². The molecular formula is C14H20N2O. The van der Waals surface area contributed by atoms with Gasteiger partial charge in [0.2, 0.25) is 5.91 Å². The van der Waals surface area contributed by atoms with Gasteiger partial charge in [-0.15, -0.1) is 0 Å². The Balaban J connectivity index is 1.91. The summed E-state index contributed by atoms with van der Waals surface area (Å²) in [5.41, 5.74) is 6.55. The highest BCUT2D eigenvalue weighted by Gasteiger charge is 2.21. The minimum absolute atomic E-state index is 0.236. The van der Waals surface area contributed by atoms with E-state index in [9.17, 15) is 4.79 Å². The Bertz CT molecular complexity index is 360. The van der Waals surface area contributed by atoms with Gasteiger partial charge in [-0.1, -0.05) is 36.8 Å². The average Bonchev–Trinajstić information content (AvgIpc) is 2.24. The van der Waals surface area contributed by atoms with E-state index in [1.54, 1.807) is 0 Å². The van der Waals surface area contributed by atoms with E-state index in [0.717, 1.165) is 19.0 Å². The molecule has 92 valence electrons. The van der Waals surface area contributed by atoms with Crippen LogP contribution in [0.2, 0.25) is 0 Å². The molecule has 0 bridgehead atoms. The van der Waals surface area contributed by atoms with E-state index in [1.165, 1.54) is 24.8 Å². The Labute approximate surface area is 103 Å². The molecule has 1 fully saturated rings. The van der Waals surface area contributed by atoms with Crippen LogP contribution in [0.25, 0.3) is 0 Å². The number of carbonyl (C=O) groups is 1. The van der Waals surface area contributed by atoms with Gasteiger partial charge in [0.1, 0.15) is 0 Å². The second kappa shape index (κ2) is 5.82. The number of hydrogen-bond acceptors (Lipinski definition) is 2. The number of rotatable bonds is 6. The van der Waals surface area contributed by atoms with Crippen molar-refractivity contribution < 1.29 is 4.79 Å². The van der Waals surface area contributed by atoms with Gasteiger partial charge in [0.05, 0.1) is 6.54 Å². The van der Waals surface area contributed by atoms with Gasteiger partial charge in [-0.05, 0) is 24.3 Å². The van der Waals surface area contributed by atoms with Gasteiger partial charge in [0.15, 0.2) is 0 Å². The van der Waals surface area contributed by atoms with Gasteiger partial charge in [-0.2, -0.15) is 0 Å². The molecule has 0 radical (unpaired) electrons. The Kier molecular flexibility index (Phi) is 4.15. The lowest BCUT2D eigenvalue weighted by molar-refractivity contribution is -0.119. The normalized spacial score (nSPS) is 15.8. The van der Waals surface area contributed by atoms with Crippen molar-refractivity contribution in [3.8, 4) is 0 Å². The number of amides is 1. The van der Waals surface area contributed by atoms with Gasteiger partial charge in [-0.25, -0.2) is 0 Å². The number of primary amides is 1. The van der Waals surface area contributed by atoms with Gasteiger partial charge in [0, 0.05) is 13.1 Å². The second-order valence-corrected chi connectivity index (χ2v) is 4.92. The molecule has 3 nitrogen and oxygen atoms in total. The van der Waals surface area contributed by atoms with Crippen molar-refractivity contribution in [2.24, 2.45) is 11.7 Å². The lowest BCUT2D eigenvalue weighted by Crippen LogP contribution is -2.38. The van der Waals surface area contributed by atoms with Gasteiger partial charge < -0.3 is 5.73 Å². The molecule has 1 amide bonds. The molecule has 2 rings (SSSR count). The number of nitrogens with zero attached hydrogens (tertiary/aromatic N) is 1. The van der Waals surface area contributed by atoms with Crippen molar-refractivity contribution >= 4 is 5.91 Å². The second-order valence-electron chi connectivity index (χ2n) is 4.92. The molecule has 0 unspecified atom stereocenters. The van der Waals surface area contributed by atoms with Crippen LogP contribution in [0.3, 0.4) is 0 Å². The third-order valence-electron chi connectivity index (χ3n) is 3.37. The van der Waals surface area contributed by atoms with Crippen molar-refractivity contribution in [1.82, 2.24) is 4.90 Å². The van der Waals surface area contributed by atoms with Crippen LogP contribution in [0.15, 0.2) is 30.3 Å². The fourth-order valence-corrected chi connectivity index (χ4v) is 2.29. The Morgan fingerprint density at radius 2 is 2.00 bits per heavy atom. The molecule has 1 aromatic carbocycles. The van der Waals surface area contributed by atoms with E-state index in [-0.39, 0.29) is 5.91 Å². The summed E-state index contributed by atoms with van der Waals surface area (Å²) in [5, 5.41) is 0. The summed E-state index contributed by atoms with van der Waals surface area (Å²) in [6, 6.07) is 10.2. The zero-order valence-electron chi connectivity index (χ0n) is 10.1. The van der Waals surface area contributed by atoms with Crippen molar-refractivity contribution in [1.29, 1.82) is 0 Å². The van der Waals surface area contributed by atoms with Crippen LogP contribution >= 0.6 is 0 Å². The van der Waals surface area contributed by atoms with E-state index in [1.807, 2.05) is 18.2 Å². The van der Waals surface area contributed by atoms with Crippen LogP contribution in [0, 0.1) is 5.92 Å². The van der Waals surface area contributed by atoms with Crippen LogP contribution in [0.4, 0.5) is 0 Å². The third kappa shape index (κ3) is 3.86. The summed E-state index contributed by atoms with van der Waals surface area (Å²) in [6.45, 7) is 2.18. The zero-order chi connectivity index (χ0) is 12.1. The van der Waals surface area contributed by atoms with Crippen molar-refractivity contribution in [2.45, 2.75) is 25.8 Å².